The van der Waals surface area contributed by atoms with Crippen LogP contribution >= 0.6 is 22.6 Å². The van der Waals surface area contributed by atoms with Crippen LogP contribution in [0.2, 0.25) is 0 Å². The molecule has 1 saturated carbocycles. The first kappa shape index (κ1) is 20.7. The minimum absolute atomic E-state index is 0.0826. The second-order valence-corrected chi connectivity index (χ2v) is 9.42. The lowest BCUT2D eigenvalue weighted by Crippen LogP contribution is -2.15. The van der Waals surface area contributed by atoms with E-state index in [0.29, 0.717) is 0 Å². The Hall–Kier alpha value is -2.53. The highest BCUT2D eigenvalue weighted by Crippen LogP contribution is 2.52. The topological polar surface area (TPSA) is 34.1 Å². The first-order valence-corrected chi connectivity index (χ1v) is 11.0. The Balaban J connectivity index is 2.10. The fourth-order valence-corrected chi connectivity index (χ4v) is 4.92. The number of carbonyl (C=O) groups is 2. The van der Waals surface area contributed by atoms with Gasteiger partial charge in [0.25, 0.3) is 0 Å². The van der Waals surface area contributed by atoms with Crippen LogP contribution in [0.1, 0.15) is 31.9 Å². The zero-order chi connectivity index (χ0) is 21.9. The SMILES string of the molecule is C=c1c(C)cc(=C2C(=C3C=C(C)C(=O)C(C)=C3)/C2=C2/C=C(C)C(=O)C(I)=C2)cc1C. The van der Waals surface area contributed by atoms with Crippen molar-refractivity contribution in [1.29, 1.82) is 0 Å². The predicted molar refractivity (Wildman–Crippen MR) is 132 cm³/mol. The summed E-state index contributed by atoms with van der Waals surface area (Å²) in [6, 6.07) is 4.36. The Morgan fingerprint density at radius 1 is 0.667 bits per heavy atom. The molecule has 0 saturated heterocycles. The van der Waals surface area contributed by atoms with E-state index in [2.05, 4.69) is 55.2 Å². The van der Waals surface area contributed by atoms with Crippen molar-refractivity contribution < 1.29 is 9.59 Å². The van der Waals surface area contributed by atoms with Crippen LogP contribution in [0.4, 0.5) is 0 Å². The zero-order valence-corrected chi connectivity index (χ0v) is 20.0. The van der Waals surface area contributed by atoms with Crippen molar-refractivity contribution in [2.24, 2.45) is 0 Å². The number of ketones is 2. The van der Waals surface area contributed by atoms with Gasteiger partial charge in [-0.2, -0.15) is 0 Å². The Morgan fingerprint density at radius 2 is 1.10 bits per heavy atom. The van der Waals surface area contributed by atoms with Crippen LogP contribution in [-0.2, 0) is 9.59 Å². The van der Waals surface area contributed by atoms with Crippen molar-refractivity contribution in [3.05, 3.63) is 101 Å². The van der Waals surface area contributed by atoms with Gasteiger partial charge in [-0.25, -0.2) is 0 Å². The summed E-state index contributed by atoms with van der Waals surface area (Å²) in [6.45, 7) is 13.9. The first-order valence-electron chi connectivity index (χ1n) is 9.91. The first-order chi connectivity index (χ1) is 14.1. The van der Waals surface area contributed by atoms with Gasteiger partial charge < -0.3 is 0 Å². The van der Waals surface area contributed by atoms with Gasteiger partial charge in [-0.1, -0.05) is 18.7 Å². The summed E-state index contributed by atoms with van der Waals surface area (Å²) >= 11 is 2.12. The van der Waals surface area contributed by atoms with E-state index in [1.165, 1.54) is 5.57 Å². The molecule has 3 aliphatic carbocycles. The summed E-state index contributed by atoms with van der Waals surface area (Å²) in [5.74, 6) is 0.177. The number of carbonyl (C=O) groups excluding carboxylic acids is 2. The summed E-state index contributed by atoms with van der Waals surface area (Å²) in [6.07, 6.45) is 7.90. The van der Waals surface area contributed by atoms with E-state index in [1.54, 1.807) is 0 Å². The van der Waals surface area contributed by atoms with Crippen molar-refractivity contribution in [1.82, 2.24) is 0 Å². The van der Waals surface area contributed by atoms with Crippen molar-refractivity contribution in [2.75, 3.05) is 0 Å². The predicted octanol–water partition coefficient (Wildman–Crippen LogP) is 4.79. The number of allylic oxidation sites excluding steroid dienone is 12. The molecule has 1 fully saturated rings. The standard InChI is InChI=1S/C27H23IO2/c1-13-7-19(8-14(2)18(13)6)23-24(20-9-15(3)26(29)16(4)10-20)25(23)21-11-17(5)27(30)22(28)12-21/h7-12H,6H2,1-5H3/b25-21-. The van der Waals surface area contributed by atoms with E-state index < -0.39 is 0 Å². The van der Waals surface area contributed by atoms with E-state index in [0.717, 1.165) is 64.2 Å². The molecular formula is C27H23IO2. The average Bonchev–Trinajstić information content (AvgIpc) is 3.43. The smallest absolute Gasteiger partial charge is 0.194 e. The van der Waals surface area contributed by atoms with E-state index in [9.17, 15) is 9.59 Å². The van der Waals surface area contributed by atoms with Gasteiger partial charge in [-0.15, -0.1) is 0 Å². The zero-order valence-electron chi connectivity index (χ0n) is 17.9. The molecule has 0 unspecified atom stereocenters. The number of hydrogen-bond acceptors (Lipinski definition) is 2. The van der Waals surface area contributed by atoms with Crippen LogP contribution in [0, 0.1) is 13.8 Å². The molecule has 3 aliphatic rings. The molecule has 3 heteroatoms. The minimum atomic E-state index is 0.0826. The number of Topliss-reactive ketones (excluding diaryl/α,β-unsaturated/α-hetero) is 2. The highest BCUT2D eigenvalue weighted by Gasteiger charge is 2.37. The molecule has 0 spiro atoms. The number of halogens is 1. The second-order valence-electron chi connectivity index (χ2n) is 8.26. The normalized spacial score (nSPS) is 21.5. The van der Waals surface area contributed by atoms with Crippen molar-refractivity contribution in [3.8, 4) is 0 Å². The van der Waals surface area contributed by atoms with Gasteiger partial charge in [0.15, 0.2) is 11.6 Å². The Morgan fingerprint density at radius 3 is 1.57 bits per heavy atom. The van der Waals surface area contributed by atoms with Crippen molar-refractivity contribution in [2.45, 2.75) is 34.6 Å². The summed E-state index contributed by atoms with van der Waals surface area (Å²) in [5.41, 5.74) is 10.2. The number of rotatable bonds is 0. The molecule has 0 atom stereocenters. The van der Waals surface area contributed by atoms with Gasteiger partial charge in [0, 0.05) is 0 Å². The van der Waals surface area contributed by atoms with Crippen molar-refractivity contribution >= 4 is 46.3 Å². The van der Waals surface area contributed by atoms with Crippen LogP contribution in [0.15, 0.2) is 79.0 Å². The lowest BCUT2D eigenvalue weighted by atomic mass is 9.94. The van der Waals surface area contributed by atoms with Crippen LogP contribution in [0.3, 0.4) is 0 Å². The third-order valence-corrected chi connectivity index (χ3v) is 6.74. The Bertz CT molecular complexity index is 1220. The largest absolute Gasteiger partial charge is 0.289 e. The fraction of sp³-hybridized carbons (Fsp3) is 0.185. The number of aryl methyl sites for hydroxylation is 2. The van der Waals surface area contributed by atoms with Gasteiger partial charge in [0.05, 0.1) is 3.58 Å². The Kier molecular flexibility index (Phi) is 5.05. The second kappa shape index (κ2) is 7.31. The third kappa shape index (κ3) is 3.35. The van der Waals surface area contributed by atoms with Crippen LogP contribution in [0.5, 0.6) is 0 Å². The van der Waals surface area contributed by atoms with Crippen LogP contribution < -0.4 is 10.4 Å². The molecule has 1 aromatic carbocycles. The van der Waals surface area contributed by atoms with E-state index in [1.807, 2.05) is 45.1 Å². The molecular weight excluding hydrogens is 483 g/mol. The maximum atomic E-state index is 12.3. The molecule has 150 valence electrons. The van der Waals surface area contributed by atoms with Gasteiger partial charge in [0.2, 0.25) is 0 Å². The van der Waals surface area contributed by atoms with Crippen LogP contribution in [0.25, 0.3) is 12.2 Å². The van der Waals surface area contributed by atoms with E-state index >= 15 is 0 Å². The molecule has 0 amide bonds. The van der Waals surface area contributed by atoms with Crippen LogP contribution in [-0.4, -0.2) is 11.6 Å². The monoisotopic (exact) mass is 506 g/mol. The lowest BCUT2D eigenvalue weighted by Gasteiger charge is -2.09. The van der Waals surface area contributed by atoms with E-state index in [-0.39, 0.29) is 11.6 Å². The summed E-state index contributed by atoms with van der Waals surface area (Å²) in [4.78, 5) is 24.5. The molecule has 30 heavy (non-hydrogen) atoms. The molecule has 4 rings (SSSR count). The molecule has 0 radical (unpaired) electrons. The molecule has 0 heterocycles. The average molecular weight is 506 g/mol. The van der Waals surface area contributed by atoms with Gasteiger partial charge in [0.1, 0.15) is 0 Å². The quantitative estimate of drug-likeness (QED) is 0.475. The minimum Gasteiger partial charge on any atom is -0.289 e. The molecule has 1 aromatic rings. The summed E-state index contributed by atoms with van der Waals surface area (Å²) < 4.78 is 0.725. The molecule has 2 nitrogen and oxygen atoms in total. The highest BCUT2D eigenvalue weighted by molar-refractivity contribution is 14.1. The van der Waals surface area contributed by atoms with Gasteiger partial charge in [-0.05, 0) is 148 Å². The van der Waals surface area contributed by atoms with E-state index in [4.69, 9.17) is 0 Å². The fourth-order valence-electron chi connectivity index (χ4n) is 4.16. The van der Waals surface area contributed by atoms with Gasteiger partial charge in [-0.3, -0.25) is 9.59 Å². The molecule has 0 aromatic heterocycles. The summed E-state index contributed by atoms with van der Waals surface area (Å²) in [5, 5.41) is 2.22. The molecule has 0 aliphatic heterocycles. The third-order valence-electron chi connectivity index (χ3n) is 5.94. The highest BCUT2D eigenvalue weighted by atomic mass is 127. The number of hydrogen-bond donors (Lipinski definition) is 0. The molecule has 0 N–H and O–H groups in total. The maximum Gasteiger partial charge on any atom is 0.194 e. The molecule has 0 bridgehead atoms. The van der Waals surface area contributed by atoms with Gasteiger partial charge >= 0.3 is 0 Å². The number of benzene rings is 1. The van der Waals surface area contributed by atoms with Crippen molar-refractivity contribution in [3.63, 3.8) is 0 Å². The lowest BCUT2D eigenvalue weighted by molar-refractivity contribution is -0.112. The summed E-state index contributed by atoms with van der Waals surface area (Å²) in [7, 11) is 0. The Labute approximate surface area is 190 Å². The maximum absolute atomic E-state index is 12.3.